The summed E-state index contributed by atoms with van der Waals surface area (Å²) < 4.78 is 0. The monoisotopic (exact) mass is 404 g/mol. The summed E-state index contributed by atoms with van der Waals surface area (Å²) in [6.07, 6.45) is 4.74. The van der Waals surface area contributed by atoms with E-state index >= 15 is 0 Å². The molecule has 0 aromatic heterocycles. The predicted molar refractivity (Wildman–Crippen MR) is 119 cm³/mol. The summed E-state index contributed by atoms with van der Waals surface area (Å²) in [5.41, 5.74) is 2.42. The average Bonchev–Trinajstić information content (AvgIpc) is 3.22. The Kier molecular flexibility index (Phi) is 5.94. The van der Waals surface area contributed by atoms with Crippen molar-refractivity contribution in [3.8, 4) is 0 Å². The SMILES string of the molecule is CC(C)CN1C(=O)c2ccccc2[C@H](C(=O)NCCc2ccccc2)C12CCCC2. The Balaban J connectivity index is 1.65. The molecule has 1 saturated carbocycles. The Morgan fingerprint density at radius 3 is 2.43 bits per heavy atom. The van der Waals surface area contributed by atoms with Gasteiger partial charge in [0.05, 0.1) is 11.5 Å². The number of nitrogens with one attached hydrogen (secondary N) is 1. The van der Waals surface area contributed by atoms with E-state index < -0.39 is 5.54 Å². The van der Waals surface area contributed by atoms with E-state index in [1.807, 2.05) is 42.5 Å². The molecule has 30 heavy (non-hydrogen) atoms. The highest BCUT2D eigenvalue weighted by atomic mass is 16.2. The van der Waals surface area contributed by atoms with E-state index in [9.17, 15) is 9.59 Å². The van der Waals surface area contributed by atoms with E-state index in [2.05, 4.69) is 36.2 Å². The summed E-state index contributed by atoms with van der Waals surface area (Å²) in [7, 11) is 0. The van der Waals surface area contributed by atoms with Crippen LogP contribution in [-0.4, -0.2) is 35.3 Å². The van der Waals surface area contributed by atoms with Crippen molar-refractivity contribution in [2.24, 2.45) is 5.92 Å². The zero-order valence-electron chi connectivity index (χ0n) is 18.1. The van der Waals surface area contributed by atoms with E-state index in [0.717, 1.165) is 37.7 Å². The maximum atomic E-state index is 13.6. The van der Waals surface area contributed by atoms with Crippen LogP contribution in [0, 0.1) is 5.92 Å². The van der Waals surface area contributed by atoms with Gasteiger partial charge in [-0.2, -0.15) is 0 Å². The molecule has 1 N–H and O–H groups in total. The molecule has 0 saturated heterocycles. The molecule has 158 valence electrons. The van der Waals surface area contributed by atoms with Gasteiger partial charge in [0.25, 0.3) is 5.91 Å². The van der Waals surface area contributed by atoms with Crippen LogP contribution >= 0.6 is 0 Å². The predicted octanol–water partition coefficient (Wildman–Crippen LogP) is 4.55. The van der Waals surface area contributed by atoms with E-state index in [1.165, 1.54) is 5.56 Å². The topological polar surface area (TPSA) is 49.4 Å². The van der Waals surface area contributed by atoms with Gasteiger partial charge in [-0.1, -0.05) is 75.2 Å². The fourth-order valence-corrected chi connectivity index (χ4v) is 5.37. The molecule has 2 aromatic carbocycles. The maximum Gasteiger partial charge on any atom is 0.254 e. The normalized spacial score (nSPS) is 19.9. The molecule has 0 radical (unpaired) electrons. The Hall–Kier alpha value is -2.62. The van der Waals surface area contributed by atoms with Gasteiger partial charge >= 0.3 is 0 Å². The first kappa shape index (κ1) is 20.6. The number of hydrogen-bond donors (Lipinski definition) is 1. The Morgan fingerprint density at radius 2 is 1.73 bits per heavy atom. The number of fused-ring (bicyclic) bond motifs is 1. The van der Waals surface area contributed by atoms with Gasteiger partial charge < -0.3 is 10.2 Å². The summed E-state index contributed by atoms with van der Waals surface area (Å²) >= 11 is 0. The van der Waals surface area contributed by atoms with Gasteiger partial charge in [-0.3, -0.25) is 9.59 Å². The van der Waals surface area contributed by atoms with Crippen LogP contribution in [-0.2, 0) is 11.2 Å². The molecule has 1 atom stereocenters. The van der Waals surface area contributed by atoms with Gasteiger partial charge in [-0.05, 0) is 42.4 Å². The summed E-state index contributed by atoms with van der Waals surface area (Å²) in [4.78, 5) is 29.1. The first-order valence-corrected chi connectivity index (χ1v) is 11.3. The average molecular weight is 405 g/mol. The fraction of sp³-hybridized carbons (Fsp3) is 0.462. The van der Waals surface area contributed by atoms with Gasteiger partial charge in [0, 0.05) is 18.7 Å². The zero-order chi connectivity index (χ0) is 21.1. The highest BCUT2D eigenvalue weighted by Crippen LogP contribution is 2.50. The van der Waals surface area contributed by atoms with Crippen molar-refractivity contribution in [1.82, 2.24) is 10.2 Å². The second-order valence-electron chi connectivity index (χ2n) is 9.17. The smallest absolute Gasteiger partial charge is 0.254 e. The van der Waals surface area contributed by atoms with Crippen molar-refractivity contribution >= 4 is 11.8 Å². The molecule has 1 spiro atoms. The molecular formula is C26H32N2O2. The van der Waals surface area contributed by atoms with Crippen LogP contribution in [0.2, 0.25) is 0 Å². The quantitative estimate of drug-likeness (QED) is 0.768. The lowest BCUT2D eigenvalue weighted by Crippen LogP contribution is -2.61. The van der Waals surface area contributed by atoms with E-state index in [4.69, 9.17) is 0 Å². The lowest BCUT2D eigenvalue weighted by atomic mass is 9.70. The number of carbonyl (C=O) groups is 2. The minimum Gasteiger partial charge on any atom is -0.355 e. The number of rotatable bonds is 6. The summed E-state index contributed by atoms with van der Waals surface area (Å²) in [6, 6.07) is 18.0. The van der Waals surface area contributed by atoms with Gasteiger partial charge in [0.15, 0.2) is 0 Å². The Labute approximate surface area is 179 Å². The maximum absolute atomic E-state index is 13.6. The van der Waals surface area contributed by atoms with Gasteiger partial charge in [-0.25, -0.2) is 0 Å². The molecule has 2 aliphatic rings. The molecule has 1 heterocycles. The van der Waals surface area contributed by atoms with E-state index in [1.54, 1.807) is 0 Å². The van der Waals surface area contributed by atoms with Gasteiger partial charge in [0.1, 0.15) is 0 Å². The molecule has 1 aliphatic heterocycles. The number of carbonyl (C=O) groups excluding carboxylic acids is 2. The minimum absolute atomic E-state index is 0.0570. The van der Waals surface area contributed by atoms with Crippen LogP contribution in [0.25, 0.3) is 0 Å². The first-order valence-electron chi connectivity index (χ1n) is 11.3. The van der Waals surface area contributed by atoms with Crippen molar-refractivity contribution < 1.29 is 9.59 Å². The third kappa shape index (κ3) is 3.76. The molecule has 2 aromatic rings. The van der Waals surface area contributed by atoms with Crippen molar-refractivity contribution in [3.05, 3.63) is 71.3 Å². The van der Waals surface area contributed by atoms with Gasteiger partial charge in [0.2, 0.25) is 5.91 Å². The fourth-order valence-electron chi connectivity index (χ4n) is 5.37. The van der Waals surface area contributed by atoms with Crippen LogP contribution in [0.1, 0.15) is 66.9 Å². The Bertz CT molecular complexity index is 900. The van der Waals surface area contributed by atoms with Crippen LogP contribution in [0.4, 0.5) is 0 Å². The molecule has 4 rings (SSSR count). The van der Waals surface area contributed by atoms with Crippen molar-refractivity contribution in [3.63, 3.8) is 0 Å². The number of nitrogens with zero attached hydrogens (tertiary/aromatic N) is 1. The standard InChI is InChI=1S/C26H32N2O2/c1-19(2)18-28-25(30)22-13-7-6-12-21(22)23(26(28)15-8-9-16-26)24(29)27-17-14-20-10-4-3-5-11-20/h3-7,10-13,19,23H,8-9,14-18H2,1-2H3,(H,27,29)/t23-/m1/s1. The molecule has 0 bridgehead atoms. The highest BCUT2D eigenvalue weighted by Gasteiger charge is 2.55. The lowest BCUT2D eigenvalue weighted by Gasteiger charge is -2.50. The van der Waals surface area contributed by atoms with E-state index in [-0.39, 0.29) is 17.7 Å². The molecule has 1 aliphatic carbocycles. The van der Waals surface area contributed by atoms with E-state index in [0.29, 0.717) is 24.6 Å². The Morgan fingerprint density at radius 1 is 1.07 bits per heavy atom. The molecular weight excluding hydrogens is 372 g/mol. The minimum atomic E-state index is -0.396. The molecule has 1 fully saturated rings. The van der Waals surface area contributed by atoms with Crippen molar-refractivity contribution in [2.45, 2.75) is 57.4 Å². The largest absolute Gasteiger partial charge is 0.355 e. The van der Waals surface area contributed by atoms with Gasteiger partial charge in [-0.15, -0.1) is 0 Å². The number of hydrogen-bond acceptors (Lipinski definition) is 2. The molecule has 4 nitrogen and oxygen atoms in total. The summed E-state index contributed by atoms with van der Waals surface area (Å²) in [6.45, 7) is 5.59. The zero-order valence-corrected chi connectivity index (χ0v) is 18.1. The third-order valence-corrected chi connectivity index (χ3v) is 6.66. The summed E-state index contributed by atoms with van der Waals surface area (Å²) in [5.74, 6) is 0.206. The molecule has 4 heteroatoms. The van der Waals surface area contributed by atoms with Crippen LogP contribution in [0.15, 0.2) is 54.6 Å². The second kappa shape index (κ2) is 8.63. The molecule has 0 unspecified atom stereocenters. The number of amides is 2. The first-order chi connectivity index (χ1) is 14.5. The van der Waals surface area contributed by atoms with Crippen LogP contribution < -0.4 is 5.32 Å². The lowest BCUT2D eigenvalue weighted by molar-refractivity contribution is -0.126. The number of benzene rings is 2. The second-order valence-corrected chi connectivity index (χ2v) is 9.17. The van der Waals surface area contributed by atoms with Crippen molar-refractivity contribution in [2.75, 3.05) is 13.1 Å². The molecule has 2 amide bonds. The van der Waals surface area contributed by atoms with Crippen molar-refractivity contribution in [1.29, 1.82) is 0 Å². The summed E-state index contributed by atoms with van der Waals surface area (Å²) in [5, 5.41) is 3.20. The highest BCUT2D eigenvalue weighted by molar-refractivity contribution is 6.02. The van der Waals surface area contributed by atoms with Crippen LogP contribution in [0.3, 0.4) is 0 Å². The van der Waals surface area contributed by atoms with Crippen LogP contribution in [0.5, 0.6) is 0 Å². The third-order valence-electron chi connectivity index (χ3n) is 6.66.